The number of carbonyl (C=O) groups is 2. The van der Waals surface area contributed by atoms with E-state index in [0.29, 0.717) is 11.1 Å². The normalized spacial score (nSPS) is 19.5. The van der Waals surface area contributed by atoms with Gasteiger partial charge in [0, 0.05) is 16.0 Å². The first kappa shape index (κ1) is 11.7. The number of anilines is 1. The van der Waals surface area contributed by atoms with E-state index in [1.54, 1.807) is 4.90 Å². The van der Waals surface area contributed by atoms with Crippen molar-refractivity contribution in [2.24, 2.45) is 0 Å². The molecule has 0 spiro atoms. The predicted molar refractivity (Wildman–Crippen MR) is 77.3 cm³/mol. The largest absolute Gasteiger partial charge is 0.327 e. The average molecular weight is 284 g/mol. The Balaban J connectivity index is 1.98. The van der Waals surface area contributed by atoms with Crippen LogP contribution in [-0.4, -0.2) is 11.8 Å². The molecule has 2 aliphatic heterocycles. The number of thiophene rings is 1. The van der Waals surface area contributed by atoms with Crippen LogP contribution in [0.1, 0.15) is 42.9 Å². The quantitative estimate of drug-likeness (QED) is 0.808. The molecule has 0 unspecified atom stereocenters. The van der Waals surface area contributed by atoms with Gasteiger partial charge < -0.3 is 5.32 Å². The fraction of sp³-hybridized carbons (Fsp3) is 0.200. The number of amides is 2. The number of fused-ring (bicyclic) bond motifs is 5. The molecule has 1 aromatic heterocycles. The van der Waals surface area contributed by atoms with Crippen molar-refractivity contribution in [3.8, 4) is 0 Å². The molecular formula is C15H12N2O2S. The molecule has 0 fully saturated rings. The molecule has 4 nitrogen and oxygen atoms in total. The van der Waals surface area contributed by atoms with E-state index in [1.807, 2.05) is 38.1 Å². The Bertz CT molecular complexity index is 778. The summed E-state index contributed by atoms with van der Waals surface area (Å²) in [5, 5.41) is 3.72. The topological polar surface area (TPSA) is 49.4 Å². The second-order valence-electron chi connectivity index (χ2n) is 5.10. The fourth-order valence-corrected chi connectivity index (χ4v) is 4.09. The standard InChI is InChI=1S/C15H12N2O2S/c1-7-8(2)20-15-11(7)13(18)16-12-9-5-3-4-6-10(9)14(19)17(12)15/h3-6,12H,1-2H3,(H,16,18)/t12-/m1/s1. The molecule has 100 valence electrons. The lowest BCUT2D eigenvalue weighted by molar-refractivity contribution is 0.0913. The Morgan fingerprint density at radius 1 is 1.20 bits per heavy atom. The Hall–Kier alpha value is -2.14. The van der Waals surface area contributed by atoms with E-state index in [1.165, 1.54) is 11.3 Å². The SMILES string of the molecule is Cc1sc2c(c1C)C(=O)N[C@H]1c3ccccc3C(=O)N21. The van der Waals surface area contributed by atoms with Gasteiger partial charge in [0.15, 0.2) is 0 Å². The van der Waals surface area contributed by atoms with Crippen LogP contribution in [0.3, 0.4) is 0 Å². The number of nitrogens with zero attached hydrogens (tertiary/aromatic N) is 1. The highest BCUT2D eigenvalue weighted by Crippen LogP contribution is 2.46. The van der Waals surface area contributed by atoms with Crippen LogP contribution in [0.15, 0.2) is 24.3 Å². The maximum Gasteiger partial charge on any atom is 0.261 e. The van der Waals surface area contributed by atoms with Gasteiger partial charge in [0.1, 0.15) is 11.2 Å². The van der Waals surface area contributed by atoms with Crippen LogP contribution in [0.4, 0.5) is 5.00 Å². The van der Waals surface area contributed by atoms with Crippen LogP contribution in [0.25, 0.3) is 0 Å². The van der Waals surface area contributed by atoms with Crippen LogP contribution in [0.2, 0.25) is 0 Å². The maximum absolute atomic E-state index is 12.6. The summed E-state index contributed by atoms with van der Waals surface area (Å²) in [4.78, 5) is 27.7. The van der Waals surface area contributed by atoms with E-state index < -0.39 is 0 Å². The number of nitrogens with one attached hydrogen (secondary N) is 1. The molecule has 2 amide bonds. The molecule has 0 bridgehead atoms. The van der Waals surface area contributed by atoms with Crippen molar-refractivity contribution < 1.29 is 9.59 Å². The molecule has 1 N–H and O–H groups in total. The highest BCUT2D eigenvalue weighted by molar-refractivity contribution is 7.17. The third-order valence-electron chi connectivity index (χ3n) is 4.04. The van der Waals surface area contributed by atoms with Gasteiger partial charge in [0.25, 0.3) is 11.8 Å². The first-order valence-corrected chi connectivity index (χ1v) is 7.24. The van der Waals surface area contributed by atoms with Gasteiger partial charge in [-0.25, -0.2) is 0 Å². The van der Waals surface area contributed by atoms with Gasteiger partial charge in [-0.15, -0.1) is 11.3 Å². The Morgan fingerprint density at radius 2 is 1.95 bits per heavy atom. The molecule has 3 heterocycles. The minimum absolute atomic E-state index is 0.0342. The summed E-state index contributed by atoms with van der Waals surface area (Å²) in [6, 6.07) is 7.46. The molecule has 20 heavy (non-hydrogen) atoms. The average Bonchev–Trinajstić information content (AvgIpc) is 2.88. The lowest BCUT2D eigenvalue weighted by atomic mass is 10.1. The third kappa shape index (κ3) is 1.25. The summed E-state index contributed by atoms with van der Waals surface area (Å²) in [5.41, 5.74) is 3.16. The highest BCUT2D eigenvalue weighted by Gasteiger charge is 2.44. The first-order chi connectivity index (χ1) is 9.59. The summed E-state index contributed by atoms with van der Waals surface area (Å²) in [7, 11) is 0. The first-order valence-electron chi connectivity index (χ1n) is 6.43. The maximum atomic E-state index is 12.6. The van der Waals surface area contributed by atoms with Crippen molar-refractivity contribution in [2.75, 3.05) is 4.90 Å². The van der Waals surface area contributed by atoms with Crippen molar-refractivity contribution in [1.82, 2.24) is 5.32 Å². The van der Waals surface area contributed by atoms with Gasteiger partial charge in [-0.2, -0.15) is 0 Å². The van der Waals surface area contributed by atoms with Gasteiger partial charge >= 0.3 is 0 Å². The molecule has 0 saturated heterocycles. The predicted octanol–water partition coefficient (Wildman–Crippen LogP) is 2.77. The van der Waals surface area contributed by atoms with E-state index in [4.69, 9.17) is 0 Å². The van der Waals surface area contributed by atoms with Crippen molar-refractivity contribution in [3.05, 3.63) is 51.4 Å². The summed E-state index contributed by atoms with van der Waals surface area (Å²) >= 11 is 1.52. The lowest BCUT2D eigenvalue weighted by Crippen LogP contribution is -2.44. The minimum Gasteiger partial charge on any atom is -0.327 e. The number of aryl methyl sites for hydroxylation is 1. The van der Waals surface area contributed by atoms with E-state index in [-0.39, 0.29) is 18.0 Å². The van der Waals surface area contributed by atoms with Crippen molar-refractivity contribution in [2.45, 2.75) is 20.0 Å². The molecule has 0 radical (unpaired) electrons. The highest BCUT2D eigenvalue weighted by atomic mass is 32.1. The number of hydrogen-bond donors (Lipinski definition) is 1. The van der Waals surface area contributed by atoms with Crippen LogP contribution in [0.5, 0.6) is 0 Å². The molecular weight excluding hydrogens is 272 g/mol. The molecule has 2 aromatic rings. The number of carbonyl (C=O) groups excluding carboxylic acids is 2. The second-order valence-corrected chi connectivity index (χ2v) is 6.30. The fourth-order valence-electron chi connectivity index (χ4n) is 2.91. The van der Waals surface area contributed by atoms with Gasteiger partial charge in [-0.05, 0) is 25.5 Å². The van der Waals surface area contributed by atoms with Crippen molar-refractivity contribution >= 4 is 28.2 Å². The zero-order valence-corrected chi connectivity index (χ0v) is 11.9. The monoisotopic (exact) mass is 284 g/mol. The zero-order valence-electron chi connectivity index (χ0n) is 11.1. The summed E-state index contributed by atoms with van der Waals surface area (Å²) < 4.78 is 0. The summed E-state index contributed by atoms with van der Waals surface area (Å²) in [6.07, 6.45) is -0.365. The number of benzene rings is 1. The molecule has 5 heteroatoms. The van der Waals surface area contributed by atoms with E-state index >= 15 is 0 Å². The second kappa shape index (κ2) is 3.70. The van der Waals surface area contributed by atoms with Crippen LogP contribution in [0, 0.1) is 13.8 Å². The molecule has 0 saturated carbocycles. The Kier molecular flexibility index (Phi) is 2.16. The smallest absolute Gasteiger partial charge is 0.261 e. The molecule has 1 atom stereocenters. The zero-order chi connectivity index (χ0) is 14.0. The van der Waals surface area contributed by atoms with E-state index in [2.05, 4.69) is 5.32 Å². The van der Waals surface area contributed by atoms with Gasteiger partial charge in [-0.3, -0.25) is 14.5 Å². The Morgan fingerprint density at radius 3 is 2.75 bits per heavy atom. The molecule has 2 aliphatic rings. The Labute approximate surface area is 120 Å². The number of rotatable bonds is 0. The van der Waals surface area contributed by atoms with Gasteiger partial charge in [0.2, 0.25) is 0 Å². The molecule has 0 aliphatic carbocycles. The van der Waals surface area contributed by atoms with Crippen LogP contribution < -0.4 is 10.2 Å². The van der Waals surface area contributed by atoms with E-state index in [9.17, 15) is 9.59 Å². The minimum atomic E-state index is -0.365. The van der Waals surface area contributed by atoms with Gasteiger partial charge in [-0.1, -0.05) is 18.2 Å². The van der Waals surface area contributed by atoms with Crippen molar-refractivity contribution in [3.63, 3.8) is 0 Å². The molecule has 4 rings (SSSR count). The van der Waals surface area contributed by atoms with Crippen LogP contribution in [-0.2, 0) is 0 Å². The summed E-state index contributed by atoms with van der Waals surface area (Å²) in [6.45, 7) is 3.91. The van der Waals surface area contributed by atoms with E-state index in [0.717, 1.165) is 21.0 Å². The van der Waals surface area contributed by atoms with Crippen molar-refractivity contribution in [1.29, 1.82) is 0 Å². The lowest BCUT2D eigenvalue weighted by Gasteiger charge is -2.30. The number of hydrogen-bond acceptors (Lipinski definition) is 3. The van der Waals surface area contributed by atoms with Crippen LogP contribution >= 0.6 is 11.3 Å². The molecule has 1 aromatic carbocycles. The van der Waals surface area contributed by atoms with Gasteiger partial charge in [0.05, 0.1) is 5.56 Å². The third-order valence-corrected chi connectivity index (χ3v) is 5.25. The summed E-state index contributed by atoms with van der Waals surface area (Å²) in [5.74, 6) is -0.124.